The molecule has 0 radical (unpaired) electrons. The monoisotopic (exact) mass is 312 g/mol. The molecule has 0 aliphatic rings. The first-order valence-electron chi connectivity index (χ1n) is 6.74. The summed E-state index contributed by atoms with van der Waals surface area (Å²) in [7, 11) is 0. The summed E-state index contributed by atoms with van der Waals surface area (Å²) < 4.78 is 5.42. The predicted octanol–water partition coefficient (Wildman–Crippen LogP) is 3.91. The van der Waals surface area contributed by atoms with Gasteiger partial charge >= 0.3 is 0 Å². The van der Waals surface area contributed by atoms with E-state index in [0.29, 0.717) is 10.8 Å². The zero-order valence-electron chi connectivity index (χ0n) is 11.6. The maximum absolute atomic E-state index is 12.0. The summed E-state index contributed by atoms with van der Waals surface area (Å²) in [5, 5.41) is 4.35. The molecule has 0 spiro atoms. The first-order chi connectivity index (χ1) is 10.7. The maximum atomic E-state index is 12.0. The van der Waals surface area contributed by atoms with Gasteiger partial charge in [-0.2, -0.15) is 0 Å². The number of amides is 1. The molecule has 1 aromatic heterocycles. The number of nitrogens with zero attached hydrogens (tertiary/aromatic N) is 1. The van der Waals surface area contributed by atoms with Gasteiger partial charge in [0.15, 0.2) is 6.61 Å². The van der Waals surface area contributed by atoms with Gasteiger partial charge in [0.05, 0.1) is 11.2 Å². The van der Waals surface area contributed by atoms with E-state index < -0.39 is 0 Å². The number of aromatic nitrogens is 1. The molecule has 0 unspecified atom stereocenters. The SMILES string of the molecule is O=C(COc1ccc(Cl)cc1)Nc1cccc2ncccc12. The van der Waals surface area contributed by atoms with Crippen molar-refractivity contribution in [2.24, 2.45) is 0 Å². The molecule has 5 heteroatoms. The highest BCUT2D eigenvalue weighted by Gasteiger charge is 2.07. The highest BCUT2D eigenvalue weighted by Crippen LogP contribution is 2.21. The van der Waals surface area contributed by atoms with Crippen molar-refractivity contribution in [3.63, 3.8) is 0 Å². The van der Waals surface area contributed by atoms with Crippen molar-refractivity contribution < 1.29 is 9.53 Å². The van der Waals surface area contributed by atoms with Crippen molar-refractivity contribution in [1.29, 1.82) is 0 Å². The van der Waals surface area contributed by atoms with Crippen molar-refractivity contribution in [3.8, 4) is 5.75 Å². The number of rotatable bonds is 4. The fourth-order valence-electron chi connectivity index (χ4n) is 2.08. The van der Waals surface area contributed by atoms with Crippen molar-refractivity contribution in [3.05, 3.63) is 65.8 Å². The van der Waals surface area contributed by atoms with E-state index in [1.54, 1.807) is 30.5 Å². The molecule has 4 nitrogen and oxygen atoms in total. The Hall–Kier alpha value is -2.59. The molecule has 0 aliphatic heterocycles. The Labute approximate surface area is 132 Å². The lowest BCUT2D eigenvalue weighted by Gasteiger charge is -2.09. The van der Waals surface area contributed by atoms with Crippen LogP contribution < -0.4 is 10.1 Å². The van der Waals surface area contributed by atoms with Crippen LogP contribution in [0, 0.1) is 0 Å². The summed E-state index contributed by atoms with van der Waals surface area (Å²) in [4.78, 5) is 16.3. The van der Waals surface area contributed by atoms with Crippen LogP contribution >= 0.6 is 11.6 Å². The number of carbonyl (C=O) groups excluding carboxylic acids is 1. The molecule has 2 aromatic carbocycles. The van der Waals surface area contributed by atoms with Crippen LogP contribution in [0.25, 0.3) is 10.9 Å². The summed E-state index contributed by atoms with van der Waals surface area (Å²) in [5.41, 5.74) is 1.55. The number of hydrogen-bond acceptors (Lipinski definition) is 3. The van der Waals surface area contributed by atoms with E-state index in [4.69, 9.17) is 16.3 Å². The number of ether oxygens (including phenoxy) is 1. The van der Waals surface area contributed by atoms with Crippen LogP contribution in [0.3, 0.4) is 0 Å². The number of nitrogens with one attached hydrogen (secondary N) is 1. The minimum atomic E-state index is -0.230. The fourth-order valence-corrected chi connectivity index (χ4v) is 2.20. The summed E-state index contributed by atoms with van der Waals surface area (Å²) in [6.45, 7) is -0.0711. The molecule has 1 heterocycles. The van der Waals surface area contributed by atoms with E-state index in [0.717, 1.165) is 16.6 Å². The molecule has 1 amide bonds. The molecular formula is C17H13ClN2O2. The Balaban J connectivity index is 1.67. The van der Waals surface area contributed by atoms with Gasteiger partial charge in [0.25, 0.3) is 5.91 Å². The van der Waals surface area contributed by atoms with Gasteiger partial charge in [-0.1, -0.05) is 17.7 Å². The van der Waals surface area contributed by atoms with Gasteiger partial charge in [-0.25, -0.2) is 0 Å². The van der Waals surface area contributed by atoms with E-state index >= 15 is 0 Å². The molecule has 0 saturated carbocycles. The quantitative estimate of drug-likeness (QED) is 0.794. The molecule has 0 fully saturated rings. The van der Waals surface area contributed by atoms with Gasteiger partial charge in [0, 0.05) is 16.6 Å². The molecule has 3 aromatic rings. The minimum absolute atomic E-state index is 0.0711. The zero-order chi connectivity index (χ0) is 15.4. The van der Waals surface area contributed by atoms with E-state index in [1.807, 2.05) is 30.3 Å². The number of carbonyl (C=O) groups is 1. The van der Waals surface area contributed by atoms with E-state index in [9.17, 15) is 4.79 Å². The fraction of sp³-hybridized carbons (Fsp3) is 0.0588. The highest BCUT2D eigenvalue weighted by molar-refractivity contribution is 6.30. The Morgan fingerprint density at radius 1 is 1.09 bits per heavy atom. The van der Waals surface area contributed by atoms with Gasteiger partial charge in [0.1, 0.15) is 5.75 Å². The topological polar surface area (TPSA) is 51.2 Å². The van der Waals surface area contributed by atoms with E-state index in [1.165, 1.54) is 0 Å². The number of fused-ring (bicyclic) bond motifs is 1. The lowest BCUT2D eigenvalue weighted by Crippen LogP contribution is -2.20. The van der Waals surface area contributed by atoms with E-state index in [-0.39, 0.29) is 12.5 Å². The zero-order valence-corrected chi connectivity index (χ0v) is 12.4. The number of anilines is 1. The van der Waals surface area contributed by atoms with Crippen molar-refractivity contribution in [2.45, 2.75) is 0 Å². The third kappa shape index (κ3) is 3.35. The molecule has 1 N–H and O–H groups in total. The van der Waals surface area contributed by atoms with Crippen LogP contribution in [0.2, 0.25) is 5.02 Å². The number of hydrogen-bond donors (Lipinski definition) is 1. The molecule has 110 valence electrons. The van der Waals surface area contributed by atoms with Gasteiger partial charge in [-0.05, 0) is 48.5 Å². The van der Waals surface area contributed by atoms with Gasteiger partial charge in [-0.3, -0.25) is 9.78 Å². The Kier molecular flexibility index (Phi) is 4.21. The Morgan fingerprint density at radius 3 is 2.73 bits per heavy atom. The second-order valence-corrected chi connectivity index (χ2v) is 5.10. The summed E-state index contributed by atoms with van der Waals surface area (Å²) in [5.74, 6) is 0.366. The van der Waals surface area contributed by atoms with Crippen LogP contribution in [0.1, 0.15) is 0 Å². The lowest BCUT2D eigenvalue weighted by atomic mass is 10.2. The summed E-state index contributed by atoms with van der Waals surface area (Å²) in [6.07, 6.45) is 1.72. The Bertz CT molecular complexity index is 798. The minimum Gasteiger partial charge on any atom is -0.484 e. The smallest absolute Gasteiger partial charge is 0.262 e. The summed E-state index contributed by atoms with van der Waals surface area (Å²) >= 11 is 5.80. The molecule has 0 saturated heterocycles. The van der Waals surface area contributed by atoms with Crippen molar-refractivity contribution in [1.82, 2.24) is 4.98 Å². The van der Waals surface area contributed by atoms with Crippen LogP contribution in [-0.4, -0.2) is 17.5 Å². The average Bonchev–Trinajstić information content (AvgIpc) is 2.55. The van der Waals surface area contributed by atoms with E-state index in [2.05, 4.69) is 10.3 Å². The average molecular weight is 313 g/mol. The third-order valence-corrected chi connectivity index (χ3v) is 3.36. The van der Waals surface area contributed by atoms with Crippen molar-refractivity contribution >= 4 is 34.1 Å². The third-order valence-electron chi connectivity index (χ3n) is 3.10. The molecule has 0 bridgehead atoms. The van der Waals surface area contributed by atoms with Crippen LogP contribution in [0.5, 0.6) is 5.75 Å². The van der Waals surface area contributed by atoms with Crippen LogP contribution in [0.4, 0.5) is 5.69 Å². The first kappa shape index (κ1) is 14.4. The number of benzene rings is 2. The van der Waals surface area contributed by atoms with Gasteiger partial charge in [-0.15, -0.1) is 0 Å². The number of halogens is 1. The molecular weight excluding hydrogens is 300 g/mol. The first-order valence-corrected chi connectivity index (χ1v) is 7.12. The highest BCUT2D eigenvalue weighted by atomic mass is 35.5. The largest absolute Gasteiger partial charge is 0.484 e. The van der Waals surface area contributed by atoms with Gasteiger partial charge < -0.3 is 10.1 Å². The lowest BCUT2D eigenvalue weighted by molar-refractivity contribution is -0.118. The van der Waals surface area contributed by atoms with Gasteiger partial charge in [0.2, 0.25) is 0 Å². The molecule has 0 atom stereocenters. The Morgan fingerprint density at radius 2 is 1.91 bits per heavy atom. The summed E-state index contributed by atoms with van der Waals surface area (Å²) in [6, 6.07) is 16.2. The maximum Gasteiger partial charge on any atom is 0.262 e. The van der Waals surface area contributed by atoms with Crippen molar-refractivity contribution in [2.75, 3.05) is 11.9 Å². The standard InChI is InChI=1S/C17H13ClN2O2/c18-12-6-8-13(9-7-12)22-11-17(21)20-16-5-1-4-15-14(16)3-2-10-19-15/h1-10H,11H2,(H,20,21). The normalized spacial score (nSPS) is 10.4. The predicted molar refractivity (Wildman–Crippen MR) is 87.3 cm³/mol. The van der Waals surface area contributed by atoms with Crippen LogP contribution in [-0.2, 0) is 4.79 Å². The second-order valence-electron chi connectivity index (χ2n) is 4.67. The number of pyridine rings is 1. The molecule has 3 rings (SSSR count). The molecule has 0 aliphatic carbocycles. The van der Waals surface area contributed by atoms with Crippen LogP contribution in [0.15, 0.2) is 60.8 Å². The second kappa shape index (κ2) is 6.45. The molecule has 22 heavy (non-hydrogen) atoms.